The van der Waals surface area contributed by atoms with E-state index in [4.69, 9.17) is 0 Å². The van der Waals surface area contributed by atoms with Crippen LogP contribution in [0.4, 0.5) is 5.82 Å². The second-order valence-corrected chi connectivity index (χ2v) is 7.66. The lowest BCUT2D eigenvalue weighted by atomic mass is 10.1. The first-order valence-electron chi connectivity index (χ1n) is 9.56. The zero-order valence-electron chi connectivity index (χ0n) is 15.8. The zero-order valence-corrected chi connectivity index (χ0v) is 15.8. The van der Waals surface area contributed by atoms with Gasteiger partial charge < -0.3 is 5.32 Å². The Morgan fingerprint density at radius 2 is 1.96 bits per heavy atom. The van der Waals surface area contributed by atoms with Crippen molar-refractivity contribution in [2.24, 2.45) is 5.92 Å². The number of hydrogen-bond donors (Lipinski definition) is 1. The van der Waals surface area contributed by atoms with E-state index in [1.165, 1.54) is 5.56 Å². The van der Waals surface area contributed by atoms with Gasteiger partial charge in [-0.3, -0.25) is 9.20 Å². The summed E-state index contributed by atoms with van der Waals surface area (Å²) < 4.78 is 3.72. The predicted octanol–water partition coefficient (Wildman–Crippen LogP) is 2.83. The van der Waals surface area contributed by atoms with Gasteiger partial charge in [-0.1, -0.05) is 19.9 Å². The summed E-state index contributed by atoms with van der Waals surface area (Å²) in [6, 6.07) is 7.92. The van der Waals surface area contributed by atoms with Crippen LogP contribution in [0.5, 0.6) is 0 Å². The molecule has 0 aromatic carbocycles. The van der Waals surface area contributed by atoms with Crippen LogP contribution in [0.3, 0.4) is 0 Å². The molecule has 0 saturated heterocycles. The number of aromatic nitrogens is 6. The number of amides is 1. The molecule has 0 spiro atoms. The molecule has 0 atom stereocenters. The van der Waals surface area contributed by atoms with Gasteiger partial charge in [0.1, 0.15) is 5.82 Å². The summed E-state index contributed by atoms with van der Waals surface area (Å²) in [6.07, 6.45) is 6.33. The van der Waals surface area contributed by atoms with Gasteiger partial charge in [0.25, 0.3) is 0 Å². The molecule has 1 saturated carbocycles. The smallest absolute Gasteiger partial charge is 0.228 e. The number of hydrogen-bond acceptors (Lipinski definition) is 5. The van der Waals surface area contributed by atoms with E-state index in [2.05, 4.69) is 51.7 Å². The van der Waals surface area contributed by atoms with Gasteiger partial charge in [0.15, 0.2) is 17.1 Å². The van der Waals surface area contributed by atoms with Crippen LogP contribution in [0.2, 0.25) is 0 Å². The number of fused-ring (bicyclic) bond motifs is 2. The van der Waals surface area contributed by atoms with Crippen molar-refractivity contribution < 1.29 is 4.79 Å². The third kappa shape index (κ3) is 3.11. The molecule has 8 heteroatoms. The summed E-state index contributed by atoms with van der Waals surface area (Å²) >= 11 is 0. The van der Waals surface area contributed by atoms with Crippen molar-refractivity contribution in [1.29, 1.82) is 0 Å². The molecule has 5 rings (SSSR count). The van der Waals surface area contributed by atoms with E-state index in [1.807, 2.05) is 22.6 Å². The molecule has 4 heterocycles. The first kappa shape index (κ1) is 16.9. The first-order valence-corrected chi connectivity index (χ1v) is 9.56. The Kier molecular flexibility index (Phi) is 3.85. The fraction of sp³-hybridized carbons (Fsp3) is 0.350. The van der Waals surface area contributed by atoms with E-state index >= 15 is 0 Å². The minimum Gasteiger partial charge on any atom is -0.309 e. The molecule has 1 N–H and O–H groups in total. The fourth-order valence-corrected chi connectivity index (χ4v) is 3.23. The topological polar surface area (TPSA) is 89.5 Å². The molecule has 4 aromatic rings. The van der Waals surface area contributed by atoms with Crippen LogP contribution in [-0.4, -0.2) is 35.1 Å². The lowest BCUT2D eigenvalue weighted by molar-refractivity contribution is -0.117. The molecule has 0 bridgehead atoms. The third-order valence-corrected chi connectivity index (χ3v) is 5.08. The van der Waals surface area contributed by atoms with E-state index in [9.17, 15) is 4.79 Å². The van der Waals surface area contributed by atoms with Gasteiger partial charge in [-0.15, -0.1) is 10.2 Å². The van der Waals surface area contributed by atoms with Gasteiger partial charge >= 0.3 is 0 Å². The van der Waals surface area contributed by atoms with Crippen molar-refractivity contribution >= 4 is 23.0 Å². The molecule has 4 aromatic heterocycles. The monoisotopic (exact) mass is 375 g/mol. The predicted molar refractivity (Wildman–Crippen MR) is 104 cm³/mol. The number of carbonyl (C=O) groups excluding carboxylic acids is 1. The van der Waals surface area contributed by atoms with Crippen LogP contribution < -0.4 is 5.32 Å². The van der Waals surface area contributed by atoms with Gasteiger partial charge in [0, 0.05) is 12.1 Å². The Bertz CT molecular complexity index is 1190. The number of pyridine rings is 1. The SMILES string of the molecule is CC(C)c1ccc2nnc(Cc3ccc4nc(NC(=O)C5CC5)cn4n3)n2c1. The van der Waals surface area contributed by atoms with E-state index in [0.29, 0.717) is 23.8 Å². The molecule has 8 nitrogen and oxygen atoms in total. The quantitative estimate of drug-likeness (QED) is 0.579. The van der Waals surface area contributed by atoms with Crippen molar-refractivity contribution in [3.8, 4) is 0 Å². The van der Waals surface area contributed by atoms with Gasteiger partial charge in [-0.2, -0.15) is 5.10 Å². The van der Waals surface area contributed by atoms with Crippen LogP contribution in [0, 0.1) is 5.92 Å². The molecule has 0 unspecified atom stereocenters. The Morgan fingerprint density at radius 1 is 1.14 bits per heavy atom. The second-order valence-electron chi connectivity index (χ2n) is 7.66. The summed E-state index contributed by atoms with van der Waals surface area (Å²) in [5, 5.41) is 16.1. The largest absolute Gasteiger partial charge is 0.309 e. The number of nitrogens with one attached hydrogen (secondary N) is 1. The van der Waals surface area contributed by atoms with E-state index in [-0.39, 0.29) is 11.8 Å². The summed E-state index contributed by atoms with van der Waals surface area (Å²) in [5.74, 6) is 2.00. The molecule has 0 aliphatic heterocycles. The third-order valence-electron chi connectivity index (χ3n) is 5.08. The van der Waals surface area contributed by atoms with Gasteiger partial charge in [0.05, 0.1) is 18.3 Å². The van der Waals surface area contributed by atoms with Crippen LogP contribution in [-0.2, 0) is 11.2 Å². The average Bonchev–Trinajstić information content (AvgIpc) is 3.35. The fourth-order valence-electron chi connectivity index (χ4n) is 3.23. The van der Waals surface area contributed by atoms with E-state index in [0.717, 1.165) is 30.0 Å². The summed E-state index contributed by atoms with van der Waals surface area (Å²) in [7, 11) is 0. The lowest BCUT2D eigenvalue weighted by Gasteiger charge is -2.06. The van der Waals surface area contributed by atoms with Crippen molar-refractivity contribution in [1.82, 2.24) is 29.2 Å². The number of nitrogens with zero attached hydrogens (tertiary/aromatic N) is 6. The van der Waals surface area contributed by atoms with Crippen LogP contribution in [0.15, 0.2) is 36.7 Å². The number of anilines is 1. The maximum atomic E-state index is 11.9. The number of rotatable bonds is 5. The number of imidazole rings is 1. The Labute approximate surface area is 161 Å². The minimum atomic E-state index is 0.0412. The highest BCUT2D eigenvalue weighted by molar-refractivity contribution is 5.93. The summed E-state index contributed by atoms with van der Waals surface area (Å²) in [6.45, 7) is 4.33. The maximum absolute atomic E-state index is 11.9. The molecular weight excluding hydrogens is 354 g/mol. The van der Waals surface area contributed by atoms with Crippen molar-refractivity contribution in [3.63, 3.8) is 0 Å². The molecule has 1 amide bonds. The van der Waals surface area contributed by atoms with Gasteiger partial charge in [-0.05, 0) is 42.5 Å². The normalized spacial score (nSPS) is 14.2. The van der Waals surface area contributed by atoms with Crippen molar-refractivity contribution in [2.45, 2.75) is 39.0 Å². The standard InChI is InChI=1S/C20H21N7O/c1-12(2)14-5-7-18-23-24-19(26(18)10-14)9-15-6-8-17-21-16(11-27(17)25-15)22-20(28)13-3-4-13/h5-8,10-13H,3-4,9H2,1-2H3,(H,22,28). The van der Waals surface area contributed by atoms with Gasteiger partial charge in [0.2, 0.25) is 5.91 Å². The summed E-state index contributed by atoms with van der Waals surface area (Å²) in [4.78, 5) is 16.3. The lowest BCUT2D eigenvalue weighted by Crippen LogP contribution is -2.13. The van der Waals surface area contributed by atoms with Crippen LogP contribution in [0.25, 0.3) is 11.3 Å². The highest BCUT2D eigenvalue weighted by Gasteiger charge is 2.30. The molecule has 142 valence electrons. The Morgan fingerprint density at radius 3 is 2.75 bits per heavy atom. The number of carbonyl (C=O) groups is 1. The second kappa shape index (κ2) is 6.40. The molecule has 1 aliphatic carbocycles. The molecule has 0 radical (unpaired) electrons. The molecule has 28 heavy (non-hydrogen) atoms. The highest BCUT2D eigenvalue weighted by Crippen LogP contribution is 2.30. The van der Waals surface area contributed by atoms with Crippen LogP contribution in [0.1, 0.15) is 49.7 Å². The van der Waals surface area contributed by atoms with Gasteiger partial charge in [-0.25, -0.2) is 9.50 Å². The molecular formula is C20H21N7O. The van der Waals surface area contributed by atoms with E-state index < -0.39 is 0 Å². The highest BCUT2D eigenvalue weighted by atomic mass is 16.2. The van der Waals surface area contributed by atoms with Crippen LogP contribution >= 0.6 is 0 Å². The van der Waals surface area contributed by atoms with Crippen molar-refractivity contribution in [3.05, 3.63) is 53.7 Å². The van der Waals surface area contributed by atoms with Crippen molar-refractivity contribution in [2.75, 3.05) is 5.32 Å². The Balaban J connectivity index is 1.42. The minimum absolute atomic E-state index is 0.0412. The summed E-state index contributed by atoms with van der Waals surface area (Å²) in [5.41, 5.74) is 3.62. The van der Waals surface area contributed by atoms with E-state index in [1.54, 1.807) is 10.7 Å². The molecule has 1 aliphatic rings. The first-order chi connectivity index (χ1) is 13.6. The zero-order chi connectivity index (χ0) is 19.3. The maximum Gasteiger partial charge on any atom is 0.228 e. The Hall–Kier alpha value is -3.29. The average molecular weight is 375 g/mol. The molecule has 1 fully saturated rings.